The summed E-state index contributed by atoms with van der Waals surface area (Å²) < 4.78 is 5.61. The van der Waals surface area contributed by atoms with Gasteiger partial charge < -0.3 is 15.0 Å². The predicted molar refractivity (Wildman–Crippen MR) is 88.9 cm³/mol. The number of piperidine rings is 1. The standard InChI is InChI=1S/C18H28N2O2/c1-20(15-7-6-10-16-8-4-3-5-9-16)17(21)18(22-2)11-13-19-14-12-18/h3-5,8-9,19H,6-7,10-15H2,1-2H3. The number of hydrogen-bond donors (Lipinski definition) is 1. The van der Waals surface area contributed by atoms with Gasteiger partial charge >= 0.3 is 0 Å². The van der Waals surface area contributed by atoms with E-state index in [1.165, 1.54) is 5.56 Å². The molecule has 1 fully saturated rings. The molecular formula is C18H28N2O2. The molecule has 0 spiro atoms. The zero-order valence-electron chi connectivity index (χ0n) is 13.8. The molecule has 0 aromatic heterocycles. The lowest BCUT2D eigenvalue weighted by atomic mass is 9.90. The summed E-state index contributed by atoms with van der Waals surface area (Å²) in [6.07, 6.45) is 4.72. The van der Waals surface area contributed by atoms with Crippen molar-refractivity contribution in [1.29, 1.82) is 0 Å². The first-order chi connectivity index (χ1) is 10.7. The molecule has 1 aromatic carbocycles. The number of rotatable bonds is 7. The van der Waals surface area contributed by atoms with Crippen LogP contribution in [0.3, 0.4) is 0 Å². The van der Waals surface area contributed by atoms with Crippen molar-refractivity contribution in [2.75, 3.05) is 33.8 Å². The van der Waals surface area contributed by atoms with Crippen molar-refractivity contribution in [3.8, 4) is 0 Å². The highest BCUT2D eigenvalue weighted by Gasteiger charge is 2.41. The van der Waals surface area contributed by atoms with Gasteiger partial charge in [0.25, 0.3) is 5.91 Å². The minimum atomic E-state index is -0.612. The maximum Gasteiger partial charge on any atom is 0.254 e. The summed E-state index contributed by atoms with van der Waals surface area (Å²) in [5, 5.41) is 3.29. The van der Waals surface area contributed by atoms with E-state index in [0.717, 1.165) is 51.7 Å². The molecule has 122 valence electrons. The van der Waals surface area contributed by atoms with Crippen molar-refractivity contribution in [3.63, 3.8) is 0 Å². The Morgan fingerprint density at radius 1 is 1.23 bits per heavy atom. The Morgan fingerprint density at radius 3 is 2.55 bits per heavy atom. The highest BCUT2D eigenvalue weighted by molar-refractivity contribution is 5.85. The van der Waals surface area contributed by atoms with E-state index in [0.29, 0.717) is 0 Å². The fourth-order valence-electron chi connectivity index (χ4n) is 3.11. The molecule has 0 atom stereocenters. The number of nitrogens with one attached hydrogen (secondary N) is 1. The predicted octanol–water partition coefficient (Wildman–Crippen LogP) is 2.24. The molecule has 0 saturated carbocycles. The van der Waals surface area contributed by atoms with Gasteiger partial charge in [-0.1, -0.05) is 30.3 Å². The second kappa shape index (κ2) is 8.30. The van der Waals surface area contributed by atoms with E-state index in [4.69, 9.17) is 4.74 Å². The Bertz CT molecular complexity index is 455. The number of carbonyl (C=O) groups excluding carboxylic acids is 1. The fourth-order valence-corrected chi connectivity index (χ4v) is 3.11. The minimum absolute atomic E-state index is 0.135. The van der Waals surface area contributed by atoms with Crippen molar-refractivity contribution in [2.45, 2.75) is 37.7 Å². The van der Waals surface area contributed by atoms with Crippen LogP contribution in [0.15, 0.2) is 30.3 Å². The molecule has 22 heavy (non-hydrogen) atoms. The van der Waals surface area contributed by atoms with Crippen LogP contribution in [0.1, 0.15) is 31.2 Å². The van der Waals surface area contributed by atoms with Crippen LogP contribution < -0.4 is 5.32 Å². The molecule has 1 amide bonds. The van der Waals surface area contributed by atoms with Crippen molar-refractivity contribution >= 4 is 5.91 Å². The zero-order chi connectivity index (χ0) is 15.8. The quantitative estimate of drug-likeness (QED) is 0.786. The number of benzene rings is 1. The summed E-state index contributed by atoms with van der Waals surface area (Å²) in [5.74, 6) is 0.135. The third-order valence-corrected chi connectivity index (χ3v) is 4.59. The fraction of sp³-hybridized carbons (Fsp3) is 0.611. The van der Waals surface area contributed by atoms with E-state index in [9.17, 15) is 4.79 Å². The van der Waals surface area contributed by atoms with Gasteiger partial charge in [-0.2, -0.15) is 0 Å². The molecule has 1 saturated heterocycles. The molecule has 0 radical (unpaired) electrons. The minimum Gasteiger partial charge on any atom is -0.368 e. The van der Waals surface area contributed by atoms with Crippen molar-refractivity contribution < 1.29 is 9.53 Å². The Balaban J connectivity index is 1.76. The van der Waals surface area contributed by atoms with Gasteiger partial charge in [-0.3, -0.25) is 4.79 Å². The highest BCUT2D eigenvalue weighted by Crippen LogP contribution is 2.24. The molecule has 1 aromatic rings. The summed E-state index contributed by atoms with van der Waals surface area (Å²) in [4.78, 5) is 14.5. The van der Waals surface area contributed by atoms with Crippen LogP contribution >= 0.6 is 0 Å². The number of aryl methyl sites for hydroxylation is 1. The molecule has 0 bridgehead atoms. The number of nitrogens with zero attached hydrogens (tertiary/aromatic N) is 1. The molecule has 1 N–H and O–H groups in total. The van der Waals surface area contributed by atoms with Gasteiger partial charge in [0.15, 0.2) is 0 Å². The van der Waals surface area contributed by atoms with E-state index in [-0.39, 0.29) is 5.91 Å². The lowest BCUT2D eigenvalue weighted by molar-refractivity contribution is -0.157. The molecule has 2 rings (SSSR count). The average molecular weight is 304 g/mol. The maximum absolute atomic E-state index is 12.7. The number of methoxy groups -OCH3 is 1. The SMILES string of the molecule is COC1(C(=O)N(C)CCCCc2ccccc2)CCNCC1. The van der Waals surface area contributed by atoms with Crippen LogP contribution in [0.25, 0.3) is 0 Å². The molecule has 0 aliphatic carbocycles. The normalized spacial score (nSPS) is 17.2. The van der Waals surface area contributed by atoms with Crippen LogP contribution in [-0.4, -0.2) is 50.2 Å². The monoisotopic (exact) mass is 304 g/mol. The molecule has 0 unspecified atom stereocenters. The Hall–Kier alpha value is -1.39. The van der Waals surface area contributed by atoms with Gasteiger partial charge in [-0.05, 0) is 50.8 Å². The summed E-state index contributed by atoms with van der Waals surface area (Å²) in [6.45, 7) is 2.49. The number of likely N-dealkylation sites (N-methyl/N-ethyl adjacent to an activating group) is 1. The molecular weight excluding hydrogens is 276 g/mol. The van der Waals surface area contributed by atoms with Gasteiger partial charge in [-0.25, -0.2) is 0 Å². The van der Waals surface area contributed by atoms with Crippen LogP contribution in [0.2, 0.25) is 0 Å². The van der Waals surface area contributed by atoms with Gasteiger partial charge in [-0.15, -0.1) is 0 Å². The van der Waals surface area contributed by atoms with Gasteiger partial charge in [0.1, 0.15) is 5.60 Å². The summed E-state index contributed by atoms with van der Waals surface area (Å²) in [6, 6.07) is 10.5. The molecule has 1 heterocycles. The Kier molecular flexibility index (Phi) is 6.40. The summed E-state index contributed by atoms with van der Waals surface area (Å²) in [5.41, 5.74) is 0.752. The lowest BCUT2D eigenvalue weighted by Crippen LogP contribution is -2.54. The van der Waals surface area contributed by atoms with Crippen molar-refractivity contribution in [1.82, 2.24) is 10.2 Å². The third-order valence-electron chi connectivity index (χ3n) is 4.59. The second-order valence-electron chi connectivity index (χ2n) is 6.12. The number of unbranched alkanes of at least 4 members (excludes halogenated alkanes) is 1. The number of ether oxygens (including phenoxy) is 1. The first-order valence-corrected chi connectivity index (χ1v) is 8.23. The van der Waals surface area contributed by atoms with Gasteiger partial charge in [0.2, 0.25) is 0 Å². The molecule has 1 aliphatic rings. The smallest absolute Gasteiger partial charge is 0.254 e. The van der Waals surface area contributed by atoms with E-state index < -0.39 is 5.60 Å². The van der Waals surface area contributed by atoms with Crippen molar-refractivity contribution in [3.05, 3.63) is 35.9 Å². The van der Waals surface area contributed by atoms with E-state index in [1.807, 2.05) is 18.0 Å². The largest absolute Gasteiger partial charge is 0.368 e. The van der Waals surface area contributed by atoms with Crippen LogP contribution in [0.5, 0.6) is 0 Å². The van der Waals surface area contributed by atoms with E-state index in [2.05, 4.69) is 29.6 Å². The zero-order valence-corrected chi connectivity index (χ0v) is 13.8. The highest BCUT2D eigenvalue weighted by atomic mass is 16.5. The third kappa shape index (κ3) is 4.31. The topological polar surface area (TPSA) is 41.6 Å². The summed E-state index contributed by atoms with van der Waals surface area (Å²) >= 11 is 0. The second-order valence-corrected chi connectivity index (χ2v) is 6.12. The van der Waals surface area contributed by atoms with E-state index >= 15 is 0 Å². The Morgan fingerprint density at radius 2 is 1.91 bits per heavy atom. The Labute approximate surface area is 133 Å². The molecule has 4 heteroatoms. The number of hydrogen-bond acceptors (Lipinski definition) is 3. The maximum atomic E-state index is 12.7. The van der Waals surface area contributed by atoms with Crippen LogP contribution in [0.4, 0.5) is 0 Å². The molecule has 4 nitrogen and oxygen atoms in total. The van der Waals surface area contributed by atoms with E-state index in [1.54, 1.807) is 7.11 Å². The van der Waals surface area contributed by atoms with Gasteiger partial charge in [0, 0.05) is 20.7 Å². The van der Waals surface area contributed by atoms with Crippen LogP contribution in [0, 0.1) is 0 Å². The first kappa shape index (κ1) is 17.0. The number of amides is 1. The van der Waals surface area contributed by atoms with Gasteiger partial charge in [0.05, 0.1) is 0 Å². The van der Waals surface area contributed by atoms with Crippen molar-refractivity contribution in [2.24, 2.45) is 0 Å². The molecule has 1 aliphatic heterocycles. The first-order valence-electron chi connectivity index (χ1n) is 8.23. The summed E-state index contributed by atoms with van der Waals surface area (Å²) in [7, 11) is 3.56. The average Bonchev–Trinajstić information content (AvgIpc) is 2.59. The van der Waals surface area contributed by atoms with Crippen LogP contribution in [-0.2, 0) is 16.0 Å². The number of carbonyl (C=O) groups is 1. The lowest BCUT2D eigenvalue weighted by Gasteiger charge is -2.37.